The zero-order valence-electron chi connectivity index (χ0n) is 8.04. The van der Waals surface area contributed by atoms with Gasteiger partial charge in [-0.1, -0.05) is 6.07 Å². The summed E-state index contributed by atoms with van der Waals surface area (Å²) < 4.78 is 12.6. The summed E-state index contributed by atoms with van der Waals surface area (Å²) in [6.45, 7) is 3.10. The number of carbonyl (C=O) groups is 1. The second-order valence-corrected chi connectivity index (χ2v) is 3.13. The number of aromatic hydroxyl groups is 1. The molecule has 0 saturated carbocycles. The SMILES string of the molecule is CC(=O)NC(C)c1ccc(F)cc1O. The van der Waals surface area contributed by atoms with Crippen LogP contribution in [0.3, 0.4) is 0 Å². The number of phenolic OH excluding ortho intramolecular Hbond substituents is 1. The van der Waals surface area contributed by atoms with Gasteiger partial charge in [0.1, 0.15) is 11.6 Å². The maximum Gasteiger partial charge on any atom is 0.217 e. The quantitative estimate of drug-likeness (QED) is 0.758. The second kappa shape index (κ2) is 4.09. The molecule has 0 heterocycles. The molecule has 0 bridgehead atoms. The van der Waals surface area contributed by atoms with Crippen molar-refractivity contribution in [1.82, 2.24) is 5.32 Å². The van der Waals surface area contributed by atoms with Crippen LogP contribution >= 0.6 is 0 Å². The Morgan fingerprint density at radius 1 is 1.57 bits per heavy atom. The highest BCUT2D eigenvalue weighted by Crippen LogP contribution is 2.24. The zero-order valence-corrected chi connectivity index (χ0v) is 8.04. The minimum atomic E-state index is -0.499. The van der Waals surface area contributed by atoms with Gasteiger partial charge in [-0.25, -0.2) is 4.39 Å². The van der Waals surface area contributed by atoms with Crippen molar-refractivity contribution in [3.63, 3.8) is 0 Å². The molecule has 0 spiro atoms. The van der Waals surface area contributed by atoms with Gasteiger partial charge in [0, 0.05) is 18.6 Å². The molecule has 1 unspecified atom stereocenters. The summed E-state index contributed by atoms with van der Waals surface area (Å²) in [5.41, 5.74) is 0.501. The maximum atomic E-state index is 12.6. The standard InChI is InChI=1S/C10H12FNO2/c1-6(12-7(2)13)9-4-3-8(11)5-10(9)14/h3-6,14H,1-2H3,(H,12,13). The third-order valence-corrected chi connectivity index (χ3v) is 1.88. The molecule has 0 fully saturated rings. The first kappa shape index (κ1) is 10.5. The van der Waals surface area contributed by atoms with Crippen molar-refractivity contribution in [2.24, 2.45) is 0 Å². The van der Waals surface area contributed by atoms with E-state index in [1.54, 1.807) is 6.92 Å². The molecule has 0 aliphatic heterocycles. The summed E-state index contributed by atoms with van der Waals surface area (Å²) in [5, 5.41) is 12.0. The highest BCUT2D eigenvalue weighted by Gasteiger charge is 2.11. The molecule has 1 amide bonds. The molecular formula is C10H12FNO2. The predicted molar refractivity (Wildman–Crippen MR) is 50.3 cm³/mol. The van der Waals surface area contributed by atoms with Crippen LogP contribution in [0.15, 0.2) is 18.2 Å². The van der Waals surface area contributed by atoms with Crippen molar-refractivity contribution in [3.05, 3.63) is 29.6 Å². The lowest BCUT2D eigenvalue weighted by molar-refractivity contribution is -0.119. The lowest BCUT2D eigenvalue weighted by Gasteiger charge is -2.14. The second-order valence-electron chi connectivity index (χ2n) is 3.13. The summed E-state index contributed by atoms with van der Waals surface area (Å²) in [5.74, 6) is -0.839. The molecule has 0 saturated heterocycles. The highest BCUT2D eigenvalue weighted by atomic mass is 19.1. The molecular weight excluding hydrogens is 185 g/mol. The summed E-state index contributed by atoms with van der Waals surface area (Å²) in [7, 11) is 0. The third kappa shape index (κ3) is 2.45. The first-order valence-corrected chi connectivity index (χ1v) is 4.26. The molecule has 76 valence electrons. The number of carbonyl (C=O) groups excluding carboxylic acids is 1. The topological polar surface area (TPSA) is 49.3 Å². The van der Waals surface area contributed by atoms with Crippen molar-refractivity contribution in [2.45, 2.75) is 19.9 Å². The Balaban J connectivity index is 2.90. The summed E-state index contributed by atoms with van der Waals surface area (Å²) in [6.07, 6.45) is 0. The van der Waals surface area contributed by atoms with Crippen LogP contribution in [0.4, 0.5) is 4.39 Å². The summed E-state index contributed by atoms with van der Waals surface area (Å²) >= 11 is 0. The van der Waals surface area contributed by atoms with Crippen LogP contribution in [-0.4, -0.2) is 11.0 Å². The molecule has 2 N–H and O–H groups in total. The number of hydrogen-bond donors (Lipinski definition) is 2. The molecule has 0 radical (unpaired) electrons. The van der Waals surface area contributed by atoms with Gasteiger partial charge in [-0.3, -0.25) is 4.79 Å². The molecule has 14 heavy (non-hydrogen) atoms. The van der Waals surface area contributed by atoms with Crippen LogP contribution < -0.4 is 5.32 Å². The summed E-state index contributed by atoms with van der Waals surface area (Å²) in [6, 6.07) is 3.39. The number of nitrogens with one attached hydrogen (secondary N) is 1. The number of amides is 1. The van der Waals surface area contributed by atoms with Crippen LogP contribution in [-0.2, 0) is 4.79 Å². The van der Waals surface area contributed by atoms with Crippen molar-refractivity contribution >= 4 is 5.91 Å². The fourth-order valence-electron chi connectivity index (χ4n) is 1.27. The first-order valence-electron chi connectivity index (χ1n) is 4.26. The minimum Gasteiger partial charge on any atom is -0.507 e. The highest BCUT2D eigenvalue weighted by molar-refractivity contribution is 5.73. The van der Waals surface area contributed by atoms with Crippen LogP contribution in [0.2, 0.25) is 0 Å². The molecule has 0 aliphatic carbocycles. The van der Waals surface area contributed by atoms with E-state index in [-0.39, 0.29) is 17.7 Å². The van der Waals surface area contributed by atoms with E-state index >= 15 is 0 Å². The fourth-order valence-corrected chi connectivity index (χ4v) is 1.27. The van der Waals surface area contributed by atoms with Gasteiger partial charge >= 0.3 is 0 Å². The molecule has 4 heteroatoms. The largest absolute Gasteiger partial charge is 0.507 e. The van der Waals surface area contributed by atoms with Gasteiger partial charge in [-0.15, -0.1) is 0 Å². The normalized spacial score (nSPS) is 12.2. The first-order chi connectivity index (χ1) is 6.50. The van der Waals surface area contributed by atoms with E-state index in [0.29, 0.717) is 5.56 Å². The Morgan fingerprint density at radius 3 is 2.71 bits per heavy atom. The maximum absolute atomic E-state index is 12.6. The number of hydrogen-bond acceptors (Lipinski definition) is 2. The van der Waals surface area contributed by atoms with E-state index in [4.69, 9.17) is 0 Å². The Kier molecular flexibility index (Phi) is 3.06. The third-order valence-electron chi connectivity index (χ3n) is 1.88. The lowest BCUT2D eigenvalue weighted by Crippen LogP contribution is -2.23. The van der Waals surface area contributed by atoms with Crippen LogP contribution in [0.1, 0.15) is 25.5 Å². The summed E-state index contributed by atoms with van der Waals surface area (Å²) in [4.78, 5) is 10.7. The smallest absolute Gasteiger partial charge is 0.217 e. The van der Waals surface area contributed by atoms with E-state index in [9.17, 15) is 14.3 Å². The monoisotopic (exact) mass is 197 g/mol. The average Bonchev–Trinajstić information content (AvgIpc) is 2.01. The van der Waals surface area contributed by atoms with Crippen molar-refractivity contribution in [3.8, 4) is 5.75 Å². The number of halogens is 1. The Morgan fingerprint density at radius 2 is 2.21 bits per heavy atom. The molecule has 3 nitrogen and oxygen atoms in total. The molecule has 1 rings (SSSR count). The fraction of sp³-hybridized carbons (Fsp3) is 0.300. The lowest BCUT2D eigenvalue weighted by atomic mass is 10.1. The van der Waals surface area contributed by atoms with Crippen LogP contribution in [0, 0.1) is 5.82 Å². The number of phenols is 1. The number of benzene rings is 1. The van der Waals surface area contributed by atoms with E-state index in [1.807, 2.05) is 0 Å². The van der Waals surface area contributed by atoms with Crippen molar-refractivity contribution < 1.29 is 14.3 Å². The van der Waals surface area contributed by atoms with E-state index in [2.05, 4.69) is 5.32 Å². The predicted octanol–water partition coefficient (Wildman–Crippen LogP) is 1.73. The Bertz CT molecular complexity index is 352. The van der Waals surface area contributed by atoms with E-state index in [1.165, 1.54) is 19.1 Å². The van der Waals surface area contributed by atoms with Crippen molar-refractivity contribution in [1.29, 1.82) is 0 Å². The van der Waals surface area contributed by atoms with Gasteiger partial charge in [0.05, 0.1) is 6.04 Å². The van der Waals surface area contributed by atoms with Gasteiger partial charge in [0.2, 0.25) is 5.91 Å². The number of rotatable bonds is 2. The van der Waals surface area contributed by atoms with Gasteiger partial charge < -0.3 is 10.4 Å². The molecule has 0 aromatic heterocycles. The zero-order chi connectivity index (χ0) is 10.7. The Labute approximate surface area is 81.6 Å². The van der Waals surface area contributed by atoms with Crippen molar-refractivity contribution in [2.75, 3.05) is 0 Å². The van der Waals surface area contributed by atoms with Gasteiger partial charge in [-0.2, -0.15) is 0 Å². The van der Waals surface area contributed by atoms with Crippen LogP contribution in [0.5, 0.6) is 5.75 Å². The molecule has 0 aliphatic rings. The van der Waals surface area contributed by atoms with Gasteiger partial charge in [0.15, 0.2) is 0 Å². The van der Waals surface area contributed by atoms with Crippen LogP contribution in [0.25, 0.3) is 0 Å². The molecule has 1 atom stereocenters. The molecule has 1 aromatic rings. The van der Waals surface area contributed by atoms with E-state index < -0.39 is 5.82 Å². The van der Waals surface area contributed by atoms with Gasteiger partial charge in [-0.05, 0) is 13.0 Å². The average molecular weight is 197 g/mol. The van der Waals surface area contributed by atoms with Gasteiger partial charge in [0.25, 0.3) is 0 Å². The molecule has 1 aromatic carbocycles. The Hall–Kier alpha value is -1.58. The van der Waals surface area contributed by atoms with E-state index in [0.717, 1.165) is 6.07 Å². The minimum absolute atomic E-state index is 0.147.